The van der Waals surface area contributed by atoms with Crippen molar-refractivity contribution in [1.29, 1.82) is 0 Å². The van der Waals surface area contributed by atoms with Gasteiger partial charge in [0.15, 0.2) is 5.78 Å². The number of rotatable bonds is 3. The van der Waals surface area contributed by atoms with Crippen LogP contribution in [0.2, 0.25) is 10.0 Å². The standard InChI is InChI=1S/C15H12Cl2O2/c1-9-8-19-10(2)15(9)14(18)6-4-11-3-5-12(16)7-13(11)17/h3-8H,1-2H3/b6-4+. The van der Waals surface area contributed by atoms with Gasteiger partial charge < -0.3 is 4.42 Å². The summed E-state index contributed by atoms with van der Waals surface area (Å²) in [6.45, 7) is 3.61. The Morgan fingerprint density at radius 3 is 2.58 bits per heavy atom. The average Bonchev–Trinajstić information content (AvgIpc) is 2.68. The van der Waals surface area contributed by atoms with Crippen LogP contribution in [0.1, 0.15) is 27.2 Å². The highest BCUT2D eigenvalue weighted by molar-refractivity contribution is 6.35. The normalized spacial score (nSPS) is 11.2. The Labute approximate surface area is 121 Å². The second kappa shape index (κ2) is 5.64. The Morgan fingerprint density at radius 2 is 2.00 bits per heavy atom. The third kappa shape index (κ3) is 3.09. The topological polar surface area (TPSA) is 30.2 Å². The summed E-state index contributed by atoms with van der Waals surface area (Å²) in [5.74, 6) is 0.518. The van der Waals surface area contributed by atoms with Gasteiger partial charge in [0.25, 0.3) is 0 Å². The van der Waals surface area contributed by atoms with E-state index in [-0.39, 0.29) is 5.78 Å². The molecular formula is C15H12Cl2O2. The van der Waals surface area contributed by atoms with Crippen LogP contribution >= 0.6 is 23.2 Å². The molecule has 0 atom stereocenters. The van der Waals surface area contributed by atoms with Gasteiger partial charge in [0, 0.05) is 10.0 Å². The zero-order valence-electron chi connectivity index (χ0n) is 10.5. The van der Waals surface area contributed by atoms with E-state index in [1.807, 2.05) is 6.92 Å². The van der Waals surface area contributed by atoms with E-state index < -0.39 is 0 Å². The molecule has 0 saturated heterocycles. The number of allylic oxidation sites excluding steroid dienone is 1. The number of carbonyl (C=O) groups excluding carboxylic acids is 1. The predicted octanol–water partition coefficient (Wildman–Crippen LogP) is 5.10. The van der Waals surface area contributed by atoms with E-state index in [1.54, 1.807) is 37.5 Å². The van der Waals surface area contributed by atoms with Gasteiger partial charge in [-0.2, -0.15) is 0 Å². The van der Waals surface area contributed by atoms with Gasteiger partial charge in [-0.25, -0.2) is 0 Å². The minimum absolute atomic E-state index is 0.102. The molecular weight excluding hydrogens is 283 g/mol. The van der Waals surface area contributed by atoms with E-state index >= 15 is 0 Å². The molecule has 0 amide bonds. The molecule has 0 unspecified atom stereocenters. The minimum Gasteiger partial charge on any atom is -0.469 e. The molecule has 4 heteroatoms. The Kier molecular flexibility index (Phi) is 4.13. The fourth-order valence-electron chi connectivity index (χ4n) is 1.83. The zero-order chi connectivity index (χ0) is 14.0. The molecule has 1 aromatic heterocycles. The molecule has 1 aromatic carbocycles. The molecule has 0 aliphatic rings. The highest BCUT2D eigenvalue weighted by Gasteiger charge is 2.12. The Bertz CT molecular complexity index is 635. The van der Waals surface area contributed by atoms with E-state index in [4.69, 9.17) is 27.6 Å². The fourth-order valence-corrected chi connectivity index (χ4v) is 2.30. The molecule has 0 N–H and O–H groups in total. The highest BCUT2D eigenvalue weighted by Crippen LogP contribution is 2.23. The highest BCUT2D eigenvalue weighted by atomic mass is 35.5. The lowest BCUT2D eigenvalue weighted by Crippen LogP contribution is -1.96. The van der Waals surface area contributed by atoms with Crippen LogP contribution in [-0.2, 0) is 0 Å². The second-order valence-electron chi connectivity index (χ2n) is 4.21. The number of benzene rings is 1. The minimum atomic E-state index is -0.102. The van der Waals surface area contributed by atoms with Crippen molar-refractivity contribution in [2.45, 2.75) is 13.8 Å². The van der Waals surface area contributed by atoms with Crippen molar-refractivity contribution in [2.75, 3.05) is 0 Å². The van der Waals surface area contributed by atoms with Crippen LogP contribution in [0.3, 0.4) is 0 Å². The SMILES string of the molecule is Cc1coc(C)c1C(=O)/C=C/c1ccc(Cl)cc1Cl. The summed E-state index contributed by atoms with van der Waals surface area (Å²) in [7, 11) is 0. The van der Waals surface area contributed by atoms with E-state index in [1.165, 1.54) is 6.08 Å². The Hall–Kier alpha value is -1.51. The number of hydrogen-bond acceptors (Lipinski definition) is 2. The van der Waals surface area contributed by atoms with E-state index in [0.29, 0.717) is 21.4 Å². The van der Waals surface area contributed by atoms with Crippen molar-refractivity contribution in [3.63, 3.8) is 0 Å². The first-order chi connectivity index (χ1) is 8.99. The summed E-state index contributed by atoms with van der Waals surface area (Å²) >= 11 is 11.8. The fraction of sp³-hybridized carbons (Fsp3) is 0.133. The van der Waals surface area contributed by atoms with Crippen LogP contribution in [0.15, 0.2) is 35.0 Å². The number of furan rings is 1. The largest absolute Gasteiger partial charge is 0.469 e. The van der Waals surface area contributed by atoms with Crippen LogP contribution in [0, 0.1) is 13.8 Å². The maximum atomic E-state index is 12.1. The molecule has 2 nitrogen and oxygen atoms in total. The maximum absolute atomic E-state index is 12.1. The molecule has 1 heterocycles. The lowest BCUT2D eigenvalue weighted by molar-refractivity contribution is 0.104. The van der Waals surface area contributed by atoms with Gasteiger partial charge in [-0.1, -0.05) is 29.3 Å². The predicted molar refractivity (Wildman–Crippen MR) is 78.0 cm³/mol. The summed E-state index contributed by atoms with van der Waals surface area (Å²) in [6, 6.07) is 5.14. The number of carbonyl (C=O) groups is 1. The molecule has 0 aliphatic carbocycles. The van der Waals surface area contributed by atoms with Gasteiger partial charge in [-0.05, 0) is 49.3 Å². The quantitative estimate of drug-likeness (QED) is 0.582. The molecule has 19 heavy (non-hydrogen) atoms. The molecule has 2 aromatic rings. The lowest BCUT2D eigenvalue weighted by atomic mass is 10.1. The summed E-state index contributed by atoms with van der Waals surface area (Å²) < 4.78 is 5.21. The van der Waals surface area contributed by atoms with Gasteiger partial charge in [-0.3, -0.25) is 4.79 Å². The van der Waals surface area contributed by atoms with Crippen LogP contribution in [-0.4, -0.2) is 5.78 Å². The average molecular weight is 295 g/mol. The number of hydrogen-bond donors (Lipinski definition) is 0. The second-order valence-corrected chi connectivity index (χ2v) is 5.06. The molecule has 98 valence electrons. The van der Waals surface area contributed by atoms with Gasteiger partial charge in [0.1, 0.15) is 5.76 Å². The van der Waals surface area contributed by atoms with Crippen LogP contribution in [0.25, 0.3) is 6.08 Å². The summed E-state index contributed by atoms with van der Waals surface area (Å²) in [6.07, 6.45) is 4.73. The van der Waals surface area contributed by atoms with Gasteiger partial charge in [0.05, 0.1) is 11.8 Å². The Balaban J connectivity index is 2.26. The summed E-state index contributed by atoms with van der Waals surface area (Å²) in [4.78, 5) is 12.1. The van der Waals surface area contributed by atoms with Crippen molar-refractivity contribution >= 4 is 35.1 Å². The molecule has 0 spiro atoms. The Morgan fingerprint density at radius 1 is 1.26 bits per heavy atom. The number of halogens is 2. The number of ketones is 1. The molecule has 0 bridgehead atoms. The van der Waals surface area contributed by atoms with Gasteiger partial charge in [0.2, 0.25) is 0 Å². The zero-order valence-corrected chi connectivity index (χ0v) is 12.0. The molecule has 0 radical (unpaired) electrons. The lowest BCUT2D eigenvalue weighted by Gasteiger charge is -1.99. The van der Waals surface area contributed by atoms with Crippen molar-refractivity contribution in [2.24, 2.45) is 0 Å². The summed E-state index contributed by atoms with van der Waals surface area (Å²) in [5, 5.41) is 1.08. The third-order valence-corrected chi connectivity index (χ3v) is 3.34. The van der Waals surface area contributed by atoms with Crippen LogP contribution < -0.4 is 0 Å². The number of aryl methyl sites for hydroxylation is 2. The van der Waals surface area contributed by atoms with Crippen molar-refractivity contribution in [1.82, 2.24) is 0 Å². The molecule has 0 fully saturated rings. The first-order valence-corrected chi connectivity index (χ1v) is 6.47. The maximum Gasteiger partial charge on any atom is 0.189 e. The van der Waals surface area contributed by atoms with Crippen molar-refractivity contribution < 1.29 is 9.21 Å². The van der Waals surface area contributed by atoms with Crippen LogP contribution in [0.5, 0.6) is 0 Å². The van der Waals surface area contributed by atoms with Gasteiger partial charge in [-0.15, -0.1) is 0 Å². The third-order valence-electron chi connectivity index (χ3n) is 2.78. The van der Waals surface area contributed by atoms with Gasteiger partial charge >= 0.3 is 0 Å². The van der Waals surface area contributed by atoms with E-state index in [2.05, 4.69) is 0 Å². The summed E-state index contributed by atoms with van der Waals surface area (Å²) in [5.41, 5.74) is 2.17. The smallest absolute Gasteiger partial charge is 0.189 e. The molecule has 2 rings (SSSR count). The molecule has 0 saturated carbocycles. The first kappa shape index (κ1) is 13.9. The molecule has 0 aliphatic heterocycles. The van der Waals surface area contributed by atoms with Crippen LogP contribution in [0.4, 0.5) is 0 Å². The monoisotopic (exact) mass is 294 g/mol. The van der Waals surface area contributed by atoms with E-state index in [0.717, 1.165) is 11.1 Å². The first-order valence-electron chi connectivity index (χ1n) is 5.71. The van der Waals surface area contributed by atoms with Crippen molar-refractivity contribution in [3.05, 3.63) is 63.0 Å². The van der Waals surface area contributed by atoms with E-state index in [9.17, 15) is 4.79 Å². The van der Waals surface area contributed by atoms with Crippen molar-refractivity contribution in [3.8, 4) is 0 Å².